The van der Waals surface area contributed by atoms with Crippen molar-refractivity contribution in [1.29, 1.82) is 0 Å². The molecule has 0 saturated carbocycles. The van der Waals surface area contributed by atoms with Crippen molar-refractivity contribution in [2.24, 2.45) is 0 Å². The zero-order valence-corrected chi connectivity index (χ0v) is 26.2. The van der Waals surface area contributed by atoms with E-state index in [0.717, 1.165) is 61.2 Å². The van der Waals surface area contributed by atoms with Gasteiger partial charge in [-0.2, -0.15) is 11.3 Å². The van der Waals surface area contributed by atoms with Crippen LogP contribution in [0.3, 0.4) is 0 Å². The molecule has 6 heteroatoms. The van der Waals surface area contributed by atoms with Gasteiger partial charge in [-0.3, -0.25) is 4.79 Å². The van der Waals surface area contributed by atoms with Crippen molar-refractivity contribution in [1.82, 2.24) is 0 Å². The third-order valence-corrected chi connectivity index (χ3v) is 8.07. The van der Waals surface area contributed by atoms with Gasteiger partial charge < -0.3 is 14.2 Å². The quantitative estimate of drug-likeness (QED) is 0.0807. The Morgan fingerprint density at radius 3 is 1.88 bits per heavy atom. The van der Waals surface area contributed by atoms with Crippen LogP contribution in [0.2, 0.25) is 0 Å². The van der Waals surface area contributed by atoms with Crippen LogP contribution in [0.5, 0.6) is 11.5 Å². The van der Waals surface area contributed by atoms with E-state index in [1.807, 2.05) is 53.2 Å². The molecule has 1 unspecified atom stereocenters. The Labute approximate surface area is 256 Å². The molecule has 0 aliphatic rings. The van der Waals surface area contributed by atoms with E-state index in [1.165, 1.54) is 44.9 Å². The molecule has 0 N–H and O–H groups in total. The number of carbonyl (C=O) groups is 1. The van der Waals surface area contributed by atoms with Crippen molar-refractivity contribution in [3.63, 3.8) is 0 Å². The van der Waals surface area contributed by atoms with Gasteiger partial charge >= 0.3 is 5.97 Å². The van der Waals surface area contributed by atoms with Crippen molar-refractivity contribution in [3.8, 4) is 22.6 Å². The molecular weight excluding hydrogens is 547 g/mol. The Kier molecular flexibility index (Phi) is 16.8. The summed E-state index contributed by atoms with van der Waals surface area (Å²) in [4.78, 5) is 11.8. The second-order valence-corrected chi connectivity index (χ2v) is 11.8. The van der Waals surface area contributed by atoms with E-state index >= 15 is 0 Å². The molecular formula is C36H49FO4S. The van der Waals surface area contributed by atoms with Gasteiger partial charge in [-0.05, 0) is 77.0 Å². The molecule has 1 heterocycles. The summed E-state index contributed by atoms with van der Waals surface area (Å²) in [5, 5.41) is 3.97. The van der Waals surface area contributed by atoms with E-state index in [0.29, 0.717) is 25.2 Å². The molecule has 0 bridgehead atoms. The highest BCUT2D eigenvalue weighted by Gasteiger charge is 2.08. The average molecular weight is 597 g/mol. The van der Waals surface area contributed by atoms with E-state index in [4.69, 9.17) is 14.2 Å². The Morgan fingerprint density at radius 2 is 1.29 bits per heavy atom. The van der Waals surface area contributed by atoms with Crippen molar-refractivity contribution in [3.05, 3.63) is 70.9 Å². The predicted molar refractivity (Wildman–Crippen MR) is 172 cm³/mol. The van der Waals surface area contributed by atoms with E-state index in [1.54, 1.807) is 11.3 Å². The van der Waals surface area contributed by atoms with Gasteiger partial charge in [0, 0.05) is 0 Å². The maximum atomic E-state index is 14.0. The van der Waals surface area contributed by atoms with Crippen LogP contribution in [0.25, 0.3) is 11.1 Å². The van der Waals surface area contributed by atoms with E-state index in [-0.39, 0.29) is 12.6 Å². The molecule has 1 atom stereocenters. The number of alkyl halides is 1. The highest BCUT2D eigenvalue weighted by Crippen LogP contribution is 2.25. The number of carbonyl (C=O) groups excluding carboxylic acids is 1. The van der Waals surface area contributed by atoms with Gasteiger partial charge in [-0.25, -0.2) is 4.39 Å². The molecule has 0 radical (unpaired) electrons. The number of hydrogen-bond acceptors (Lipinski definition) is 5. The number of rotatable bonds is 23. The lowest BCUT2D eigenvalue weighted by atomic mass is 10.1. The minimum absolute atomic E-state index is 0.120. The molecule has 4 nitrogen and oxygen atoms in total. The Balaban J connectivity index is 1.17. The van der Waals surface area contributed by atoms with Crippen LogP contribution >= 0.6 is 11.3 Å². The molecule has 0 amide bonds. The fourth-order valence-electron chi connectivity index (χ4n) is 4.80. The van der Waals surface area contributed by atoms with Crippen molar-refractivity contribution in [2.75, 3.05) is 19.8 Å². The third-order valence-electron chi connectivity index (χ3n) is 7.34. The van der Waals surface area contributed by atoms with Crippen molar-refractivity contribution < 1.29 is 23.4 Å². The highest BCUT2D eigenvalue weighted by molar-refractivity contribution is 7.08. The topological polar surface area (TPSA) is 44.8 Å². The van der Waals surface area contributed by atoms with Gasteiger partial charge in [-0.15, -0.1) is 0 Å². The third kappa shape index (κ3) is 14.4. The van der Waals surface area contributed by atoms with Crippen LogP contribution in [0.1, 0.15) is 96.0 Å². The average Bonchev–Trinajstić information content (AvgIpc) is 3.52. The zero-order chi connectivity index (χ0) is 29.7. The smallest absolute Gasteiger partial charge is 0.310 e. The predicted octanol–water partition coefficient (Wildman–Crippen LogP) is 10.4. The summed E-state index contributed by atoms with van der Waals surface area (Å²) in [7, 11) is 0. The van der Waals surface area contributed by atoms with Crippen molar-refractivity contribution in [2.45, 2.75) is 103 Å². The van der Waals surface area contributed by atoms with Gasteiger partial charge in [0.15, 0.2) is 0 Å². The van der Waals surface area contributed by atoms with E-state index in [2.05, 4.69) is 19.1 Å². The number of benzene rings is 2. The minimum atomic E-state index is -0.906. The van der Waals surface area contributed by atoms with E-state index in [9.17, 15) is 9.18 Å². The summed E-state index contributed by atoms with van der Waals surface area (Å²) >= 11 is 1.60. The number of esters is 1. The summed E-state index contributed by atoms with van der Waals surface area (Å²) < 4.78 is 30.9. The Bertz CT molecular complexity index is 1080. The van der Waals surface area contributed by atoms with Gasteiger partial charge in [0.25, 0.3) is 0 Å². The maximum absolute atomic E-state index is 14.0. The number of unbranched alkanes of at least 4 members (excludes halogenated alkanes) is 10. The maximum Gasteiger partial charge on any atom is 0.310 e. The van der Waals surface area contributed by atoms with Crippen LogP contribution in [0.4, 0.5) is 4.39 Å². The first-order chi connectivity index (χ1) is 20.6. The summed E-state index contributed by atoms with van der Waals surface area (Å²) in [6, 6.07) is 18.0. The molecule has 230 valence electrons. The van der Waals surface area contributed by atoms with Gasteiger partial charge in [-0.1, -0.05) is 95.4 Å². The molecule has 0 saturated heterocycles. The minimum Gasteiger partial charge on any atom is -0.494 e. The van der Waals surface area contributed by atoms with Crippen molar-refractivity contribution >= 4 is 17.3 Å². The first-order valence-corrected chi connectivity index (χ1v) is 16.8. The zero-order valence-electron chi connectivity index (χ0n) is 25.4. The Morgan fingerprint density at radius 1 is 0.714 bits per heavy atom. The molecule has 0 fully saturated rings. The Hall–Kier alpha value is -2.86. The van der Waals surface area contributed by atoms with Gasteiger partial charge in [0.1, 0.15) is 24.3 Å². The molecule has 3 rings (SSSR count). The lowest BCUT2D eigenvalue weighted by molar-refractivity contribution is -0.142. The summed E-state index contributed by atoms with van der Waals surface area (Å²) in [5.74, 6) is 1.47. The SMILES string of the molecule is CCCCCCC(F)COc1ccc(-c2ccc(OCCCCCCCCCCOC(=O)Cc3ccsc3)cc2)cc1. The number of thiophene rings is 1. The largest absolute Gasteiger partial charge is 0.494 e. The fourth-order valence-corrected chi connectivity index (χ4v) is 5.47. The van der Waals surface area contributed by atoms with Crippen LogP contribution in [-0.4, -0.2) is 32.0 Å². The van der Waals surface area contributed by atoms with Crippen LogP contribution in [0.15, 0.2) is 65.4 Å². The molecule has 0 aliphatic heterocycles. The van der Waals surface area contributed by atoms with Crippen LogP contribution in [-0.2, 0) is 16.0 Å². The molecule has 0 aliphatic carbocycles. The van der Waals surface area contributed by atoms with E-state index < -0.39 is 6.17 Å². The summed E-state index contributed by atoms with van der Waals surface area (Å²) in [6.07, 6.45) is 13.6. The second kappa shape index (κ2) is 20.9. The number of halogens is 1. The number of hydrogen-bond donors (Lipinski definition) is 0. The summed E-state index contributed by atoms with van der Waals surface area (Å²) in [5.41, 5.74) is 3.25. The monoisotopic (exact) mass is 596 g/mol. The highest BCUT2D eigenvalue weighted by atomic mass is 32.1. The number of ether oxygens (including phenoxy) is 3. The first-order valence-electron chi connectivity index (χ1n) is 15.9. The van der Waals surface area contributed by atoms with Crippen LogP contribution in [0, 0.1) is 0 Å². The van der Waals surface area contributed by atoms with Crippen LogP contribution < -0.4 is 9.47 Å². The normalized spacial score (nSPS) is 11.8. The second-order valence-electron chi connectivity index (χ2n) is 11.0. The fraction of sp³-hybridized carbons (Fsp3) is 0.528. The lowest BCUT2D eigenvalue weighted by Crippen LogP contribution is -2.12. The first kappa shape index (κ1) is 33.6. The van der Waals surface area contributed by atoms with Gasteiger partial charge in [0.05, 0.1) is 19.6 Å². The molecule has 2 aromatic carbocycles. The molecule has 42 heavy (non-hydrogen) atoms. The lowest BCUT2D eigenvalue weighted by Gasteiger charge is -2.11. The standard InChI is InChI=1S/C36H49FO4S/c1-2-3-4-11-14-33(37)28-41-35-21-17-32(18-22-35)31-15-19-34(20-16-31)39-24-12-9-7-5-6-8-10-13-25-40-36(38)27-30-23-26-42-29-30/h15-23,26,29,33H,2-14,24-25,27-28H2,1H3. The molecule has 3 aromatic rings. The molecule has 0 spiro atoms. The van der Waals surface area contributed by atoms with Gasteiger partial charge in [0.2, 0.25) is 0 Å². The summed E-state index contributed by atoms with van der Waals surface area (Å²) in [6.45, 7) is 3.55. The molecule has 1 aromatic heterocycles.